The number of carbonyl (C=O) groups is 1. The quantitative estimate of drug-likeness (QED) is 0.831. The third kappa shape index (κ3) is 4.30. The molecule has 118 valence electrons. The molecule has 1 aromatic carbocycles. The maximum Gasteiger partial charge on any atom is 0.233 e. The van der Waals surface area contributed by atoms with Crippen molar-refractivity contribution in [2.45, 2.75) is 43.8 Å². The van der Waals surface area contributed by atoms with Gasteiger partial charge in [0.15, 0.2) is 5.16 Å². The Morgan fingerprint density at radius 1 is 1.32 bits per heavy atom. The molecule has 1 aromatic heterocycles. The molecule has 0 fully saturated rings. The van der Waals surface area contributed by atoms with Gasteiger partial charge >= 0.3 is 0 Å². The molecule has 0 radical (unpaired) electrons. The van der Waals surface area contributed by atoms with Gasteiger partial charge in [0.25, 0.3) is 0 Å². The van der Waals surface area contributed by atoms with Crippen LogP contribution in [0.2, 0.25) is 0 Å². The zero-order chi connectivity index (χ0) is 16.1. The standard InChI is InChI=1S/C15H19FN4OS/c1-10(2)20-9-18-19-15(20)22-11(3)14(21)17-8-12-4-6-13(16)7-5-12/h4-7,9-11H,8H2,1-3H3,(H,17,21)/t11-/m0/s1. The summed E-state index contributed by atoms with van der Waals surface area (Å²) >= 11 is 1.37. The minimum atomic E-state index is -0.290. The summed E-state index contributed by atoms with van der Waals surface area (Å²) in [5.41, 5.74) is 0.859. The smallest absolute Gasteiger partial charge is 0.233 e. The fourth-order valence-electron chi connectivity index (χ4n) is 1.82. The van der Waals surface area contributed by atoms with Crippen LogP contribution in [0.3, 0.4) is 0 Å². The van der Waals surface area contributed by atoms with Crippen LogP contribution < -0.4 is 5.32 Å². The van der Waals surface area contributed by atoms with Crippen molar-refractivity contribution < 1.29 is 9.18 Å². The van der Waals surface area contributed by atoms with E-state index in [4.69, 9.17) is 0 Å². The molecule has 0 spiro atoms. The summed E-state index contributed by atoms with van der Waals surface area (Å²) in [6, 6.07) is 6.31. The highest BCUT2D eigenvalue weighted by Gasteiger charge is 2.18. The van der Waals surface area contributed by atoms with E-state index >= 15 is 0 Å². The largest absolute Gasteiger partial charge is 0.351 e. The van der Waals surface area contributed by atoms with E-state index in [-0.39, 0.29) is 23.0 Å². The van der Waals surface area contributed by atoms with Gasteiger partial charge in [-0.1, -0.05) is 23.9 Å². The molecule has 1 heterocycles. The Morgan fingerprint density at radius 3 is 2.64 bits per heavy atom. The van der Waals surface area contributed by atoms with Gasteiger partial charge < -0.3 is 9.88 Å². The van der Waals surface area contributed by atoms with E-state index < -0.39 is 0 Å². The lowest BCUT2D eigenvalue weighted by Crippen LogP contribution is -2.30. The summed E-state index contributed by atoms with van der Waals surface area (Å²) in [5, 5.41) is 11.2. The van der Waals surface area contributed by atoms with Crippen molar-refractivity contribution >= 4 is 17.7 Å². The number of amides is 1. The van der Waals surface area contributed by atoms with Gasteiger partial charge in [-0.05, 0) is 38.5 Å². The fraction of sp³-hybridized carbons (Fsp3) is 0.400. The molecule has 0 aliphatic carbocycles. The van der Waals surface area contributed by atoms with Crippen molar-refractivity contribution in [1.29, 1.82) is 0 Å². The number of hydrogen-bond donors (Lipinski definition) is 1. The van der Waals surface area contributed by atoms with Crippen LogP contribution in [0, 0.1) is 5.82 Å². The summed E-state index contributed by atoms with van der Waals surface area (Å²) in [7, 11) is 0. The van der Waals surface area contributed by atoms with E-state index in [1.54, 1.807) is 18.5 Å². The van der Waals surface area contributed by atoms with Crippen LogP contribution in [0.25, 0.3) is 0 Å². The number of nitrogens with one attached hydrogen (secondary N) is 1. The number of rotatable bonds is 6. The zero-order valence-electron chi connectivity index (χ0n) is 12.8. The minimum Gasteiger partial charge on any atom is -0.351 e. The lowest BCUT2D eigenvalue weighted by molar-refractivity contribution is -0.120. The average molecular weight is 322 g/mol. The highest BCUT2D eigenvalue weighted by atomic mass is 32.2. The van der Waals surface area contributed by atoms with Gasteiger partial charge in [-0.25, -0.2) is 4.39 Å². The molecular formula is C15H19FN4OS. The first-order valence-electron chi connectivity index (χ1n) is 7.05. The van der Waals surface area contributed by atoms with E-state index in [1.165, 1.54) is 23.9 Å². The fourth-order valence-corrected chi connectivity index (χ4v) is 2.80. The molecule has 1 amide bonds. The number of aromatic nitrogens is 3. The van der Waals surface area contributed by atoms with Gasteiger partial charge in [0.2, 0.25) is 5.91 Å². The predicted molar refractivity (Wildman–Crippen MR) is 84.0 cm³/mol. The summed E-state index contributed by atoms with van der Waals surface area (Å²) < 4.78 is 14.7. The highest BCUT2D eigenvalue weighted by Crippen LogP contribution is 2.23. The molecule has 0 aliphatic heterocycles. The van der Waals surface area contributed by atoms with Crippen molar-refractivity contribution in [1.82, 2.24) is 20.1 Å². The molecule has 0 bridgehead atoms. The Morgan fingerprint density at radius 2 is 2.00 bits per heavy atom. The number of nitrogens with zero attached hydrogens (tertiary/aromatic N) is 3. The Bertz CT molecular complexity index is 627. The second-order valence-electron chi connectivity index (χ2n) is 5.22. The maximum atomic E-state index is 12.8. The predicted octanol–water partition coefficient (Wildman–Crippen LogP) is 2.80. The van der Waals surface area contributed by atoms with Crippen LogP contribution >= 0.6 is 11.8 Å². The van der Waals surface area contributed by atoms with Gasteiger partial charge in [-0.3, -0.25) is 4.79 Å². The monoisotopic (exact) mass is 322 g/mol. The number of benzene rings is 1. The molecule has 0 saturated carbocycles. The van der Waals surface area contributed by atoms with E-state index in [1.807, 2.05) is 25.3 Å². The SMILES string of the molecule is CC(C)n1cnnc1S[C@@H](C)C(=O)NCc1ccc(F)cc1. The first-order valence-corrected chi connectivity index (χ1v) is 7.93. The van der Waals surface area contributed by atoms with Crippen molar-refractivity contribution in [2.24, 2.45) is 0 Å². The first kappa shape index (κ1) is 16.5. The van der Waals surface area contributed by atoms with Crippen molar-refractivity contribution in [3.63, 3.8) is 0 Å². The van der Waals surface area contributed by atoms with E-state index in [2.05, 4.69) is 15.5 Å². The summed E-state index contributed by atoms with van der Waals surface area (Å²) in [4.78, 5) is 12.1. The molecule has 22 heavy (non-hydrogen) atoms. The molecule has 2 rings (SSSR count). The molecule has 0 aliphatic rings. The van der Waals surface area contributed by atoms with Gasteiger partial charge in [0.1, 0.15) is 12.1 Å². The lowest BCUT2D eigenvalue weighted by Gasteiger charge is -2.14. The van der Waals surface area contributed by atoms with Crippen LogP contribution in [0.15, 0.2) is 35.7 Å². The number of thioether (sulfide) groups is 1. The van der Waals surface area contributed by atoms with Crippen LogP contribution in [0.1, 0.15) is 32.4 Å². The van der Waals surface area contributed by atoms with Crippen molar-refractivity contribution in [2.75, 3.05) is 0 Å². The Hall–Kier alpha value is -1.89. The Labute approximate surface area is 133 Å². The molecule has 1 atom stereocenters. The number of halogens is 1. The second-order valence-corrected chi connectivity index (χ2v) is 6.53. The molecule has 1 N–H and O–H groups in total. The van der Waals surface area contributed by atoms with E-state index in [0.717, 1.165) is 10.7 Å². The number of hydrogen-bond acceptors (Lipinski definition) is 4. The Kier molecular flexibility index (Phi) is 5.54. The van der Waals surface area contributed by atoms with Gasteiger partial charge in [-0.15, -0.1) is 10.2 Å². The van der Waals surface area contributed by atoms with E-state index in [0.29, 0.717) is 6.54 Å². The van der Waals surface area contributed by atoms with Gasteiger partial charge in [-0.2, -0.15) is 0 Å². The van der Waals surface area contributed by atoms with Crippen LogP contribution in [0.4, 0.5) is 4.39 Å². The summed E-state index contributed by atoms with van der Waals surface area (Å²) in [5.74, 6) is -0.375. The molecule has 5 nitrogen and oxygen atoms in total. The first-order chi connectivity index (χ1) is 10.5. The topological polar surface area (TPSA) is 59.8 Å². The van der Waals surface area contributed by atoms with Crippen LogP contribution in [0.5, 0.6) is 0 Å². The van der Waals surface area contributed by atoms with E-state index in [9.17, 15) is 9.18 Å². The van der Waals surface area contributed by atoms with Crippen molar-refractivity contribution in [3.8, 4) is 0 Å². The molecule has 0 unspecified atom stereocenters. The van der Waals surface area contributed by atoms with Gasteiger partial charge in [0.05, 0.1) is 5.25 Å². The third-order valence-electron chi connectivity index (χ3n) is 3.13. The zero-order valence-corrected chi connectivity index (χ0v) is 13.6. The molecule has 7 heteroatoms. The summed E-state index contributed by atoms with van der Waals surface area (Å²) in [6.45, 7) is 6.27. The average Bonchev–Trinajstić information content (AvgIpc) is 2.94. The van der Waals surface area contributed by atoms with Crippen molar-refractivity contribution in [3.05, 3.63) is 42.0 Å². The Balaban J connectivity index is 1.89. The van der Waals surface area contributed by atoms with Crippen LogP contribution in [-0.4, -0.2) is 25.9 Å². The third-order valence-corrected chi connectivity index (χ3v) is 4.20. The van der Waals surface area contributed by atoms with Crippen LogP contribution in [-0.2, 0) is 11.3 Å². The van der Waals surface area contributed by atoms with Gasteiger partial charge in [0, 0.05) is 12.6 Å². The lowest BCUT2D eigenvalue weighted by atomic mass is 10.2. The molecule has 2 aromatic rings. The second kappa shape index (κ2) is 7.40. The molecule has 0 saturated heterocycles. The maximum absolute atomic E-state index is 12.8. The summed E-state index contributed by atoms with van der Waals surface area (Å²) in [6.07, 6.45) is 1.66. The highest BCUT2D eigenvalue weighted by molar-refractivity contribution is 8.00. The normalized spacial score (nSPS) is 12.4. The molecular weight excluding hydrogens is 303 g/mol. The number of carbonyl (C=O) groups excluding carboxylic acids is 1. The minimum absolute atomic E-state index is 0.0902.